The molecule has 0 saturated heterocycles. The lowest BCUT2D eigenvalue weighted by atomic mass is 10.1. The average molecular weight is 332 g/mol. The summed E-state index contributed by atoms with van der Waals surface area (Å²) >= 11 is 0. The predicted molar refractivity (Wildman–Crippen MR) is 92.9 cm³/mol. The van der Waals surface area contributed by atoms with E-state index in [1.807, 2.05) is 72.8 Å². The molecule has 0 aliphatic carbocycles. The van der Waals surface area contributed by atoms with Crippen LogP contribution in [0.5, 0.6) is 17.2 Å². The number of ether oxygens (including phenoxy) is 2. The van der Waals surface area contributed by atoms with Crippen LogP contribution < -0.4 is 15.0 Å². The first-order valence-electron chi connectivity index (χ1n) is 7.91. The Bertz CT molecular complexity index is 849. The van der Waals surface area contributed by atoms with Gasteiger partial charge in [-0.25, -0.2) is 5.48 Å². The number of benzene rings is 2. The number of hydroxylamine groups is 1. The maximum Gasteiger partial charge on any atom is 0.216 e. The molecular formula is C20H16N2O3. The van der Waals surface area contributed by atoms with E-state index in [0.717, 1.165) is 17.1 Å². The zero-order chi connectivity index (χ0) is 16.9. The number of hydrogen-bond donors (Lipinski definition) is 1. The Labute approximate surface area is 145 Å². The quantitative estimate of drug-likeness (QED) is 0.752. The molecule has 1 atom stereocenters. The highest BCUT2D eigenvalue weighted by atomic mass is 16.7. The van der Waals surface area contributed by atoms with Gasteiger partial charge in [-0.1, -0.05) is 30.3 Å². The topological polar surface area (TPSA) is 52.6 Å². The van der Waals surface area contributed by atoms with E-state index >= 15 is 0 Å². The van der Waals surface area contributed by atoms with Crippen LogP contribution in [0.1, 0.15) is 11.7 Å². The Kier molecular flexibility index (Phi) is 4.31. The van der Waals surface area contributed by atoms with Crippen molar-refractivity contribution in [2.75, 3.05) is 0 Å². The molecule has 25 heavy (non-hydrogen) atoms. The summed E-state index contributed by atoms with van der Waals surface area (Å²) in [7, 11) is 0. The van der Waals surface area contributed by atoms with Crippen molar-refractivity contribution < 1.29 is 14.3 Å². The van der Waals surface area contributed by atoms with Crippen molar-refractivity contribution in [1.82, 2.24) is 10.5 Å². The normalized spacial score (nSPS) is 16.0. The third-order valence-corrected chi connectivity index (χ3v) is 3.64. The van der Waals surface area contributed by atoms with Crippen LogP contribution in [0, 0.1) is 0 Å². The van der Waals surface area contributed by atoms with Crippen molar-refractivity contribution >= 4 is 0 Å². The minimum atomic E-state index is -0.225. The molecule has 5 heteroatoms. The third-order valence-electron chi connectivity index (χ3n) is 3.64. The molecule has 1 N–H and O–H groups in total. The Balaban J connectivity index is 1.42. The van der Waals surface area contributed by atoms with Gasteiger partial charge in [-0.05, 0) is 42.0 Å². The van der Waals surface area contributed by atoms with Crippen LogP contribution in [0.15, 0.2) is 91.1 Å². The second kappa shape index (κ2) is 7.07. The van der Waals surface area contributed by atoms with Gasteiger partial charge >= 0.3 is 0 Å². The van der Waals surface area contributed by atoms with Crippen LogP contribution >= 0.6 is 0 Å². The highest BCUT2D eigenvalue weighted by Crippen LogP contribution is 2.28. The summed E-state index contributed by atoms with van der Waals surface area (Å²) in [5.74, 6) is 2.78. The number of pyridine rings is 1. The van der Waals surface area contributed by atoms with Gasteiger partial charge in [0.05, 0.1) is 6.20 Å². The van der Waals surface area contributed by atoms with Gasteiger partial charge in [0.1, 0.15) is 23.4 Å². The fourth-order valence-electron chi connectivity index (χ4n) is 2.43. The van der Waals surface area contributed by atoms with E-state index in [4.69, 9.17) is 14.3 Å². The fourth-order valence-corrected chi connectivity index (χ4v) is 2.43. The zero-order valence-electron chi connectivity index (χ0n) is 13.3. The lowest BCUT2D eigenvalue weighted by Gasteiger charge is -2.09. The van der Waals surface area contributed by atoms with E-state index in [1.54, 1.807) is 12.4 Å². The van der Waals surface area contributed by atoms with E-state index in [0.29, 0.717) is 11.6 Å². The number of rotatable bonds is 5. The Morgan fingerprint density at radius 1 is 0.800 bits per heavy atom. The van der Waals surface area contributed by atoms with Crippen molar-refractivity contribution in [2.24, 2.45) is 0 Å². The molecule has 0 bridgehead atoms. The molecule has 1 aliphatic rings. The van der Waals surface area contributed by atoms with Gasteiger partial charge < -0.3 is 9.47 Å². The molecule has 4 rings (SSSR count). The molecular weight excluding hydrogens is 316 g/mol. The standard InChI is InChI=1S/C20H16N2O3/c1-2-5-16(6-3-1)23-17-10-8-15(9-11-17)19-13-20(22-25-19)24-18-7-4-12-21-14-18/h1-14,19,22H. The molecule has 0 radical (unpaired) electrons. The second-order valence-electron chi connectivity index (χ2n) is 5.45. The number of aromatic nitrogens is 1. The van der Waals surface area contributed by atoms with Crippen LogP contribution in [0.25, 0.3) is 0 Å². The Hall–Kier alpha value is -3.31. The third kappa shape index (κ3) is 3.79. The summed E-state index contributed by atoms with van der Waals surface area (Å²) < 4.78 is 11.5. The molecule has 3 aromatic rings. The summed E-state index contributed by atoms with van der Waals surface area (Å²) in [6, 6.07) is 21.1. The van der Waals surface area contributed by atoms with Gasteiger partial charge in [-0.3, -0.25) is 9.82 Å². The van der Waals surface area contributed by atoms with Crippen LogP contribution in [0.2, 0.25) is 0 Å². The molecule has 124 valence electrons. The van der Waals surface area contributed by atoms with Crippen molar-refractivity contribution in [2.45, 2.75) is 6.10 Å². The molecule has 2 aromatic carbocycles. The SMILES string of the molecule is C1=C(Oc2cccnc2)NOC1c1ccc(Oc2ccccc2)cc1. The number of para-hydroxylation sites is 1. The van der Waals surface area contributed by atoms with Crippen molar-refractivity contribution in [3.05, 3.63) is 96.6 Å². The first kappa shape index (κ1) is 15.2. The van der Waals surface area contributed by atoms with E-state index < -0.39 is 0 Å². The monoisotopic (exact) mass is 332 g/mol. The molecule has 2 heterocycles. The lowest BCUT2D eigenvalue weighted by Crippen LogP contribution is -2.12. The van der Waals surface area contributed by atoms with Gasteiger partial charge in [0.2, 0.25) is 5.88 Å². The lowest BCUT2D eigenvalue weighted by molar-refractivity contribution is 0.0273. The van der Waals surface area contributed by atoms with Gasteiger partial charge in [-0.2, -0.15) is 0 Å². The largest absolute Gasteiger partial charge is 0.457 e. The van der Waals surface area contributed by atoms with Gasteiger partial charge in [0.25, 0.3) is 0 Å². The molecule has 5 nitrogen and oxygen atoms in total. The number of nitrogens with zero attached hydrogens (tertiary/aromatic N) is 1. The smallest absolute Gasteiger partial charge is 0.216 e. The van der Waals surface area contributed by atoms with Gasteiger partial charge in [-0.15, -0.1) is 0 Å². The zero-order valence-corrected chi connectivity index (χ0v) is 13.3. The van der Waals surface area contributed by atoms with Crippen LogP contribution in [-0.4, -0.2) is 4.98 Å². The summed E-state index contributed by atoms with van der Waals surface area (Å²) in [5.41, 5.74) is 3.79. The van der Waals surface area contributed by atoms with Crippen LogP contribution in [-0.2, 0) is 4.84 Å². The molecule has 0 amide bonds. The molecule has 0 fully saturated rings. The maximum atomic E-state index is 5.79. The van der Waals surface area contributed by atoms with E-state index in [-0.39, 0.29) is 6.10 Å². The number of hydrogen-bond acceptors (Lipinski definition) is 5. The minimum absolute atomic E-state index is 0.225. The summed E-state index contributed by atoms with van der Waals surface area (Å²) in [6.45, 7) is 0. The van der Waals surface area contributed by atoms with Crippen LogP contribution in [0.3, 0.4) is 0 Å². The summed E-state index contributed by atoms with van der Waals surface area (Å²) in [5, 5.41) is 0. The van der Waals surface area contributed by atoms with E-state index in [2.05, 4.69) is 10.5 Å². The highest BCUT2D eigenvalue weighted by Gasteiger charge is 2.20. The summed E-state index contributed by atoms with van der Waals surface area (Å²) in [6.07, 6.45) is 4.99. The van der Waals surface area contributed by atoms with Gasteiger partial charge in [0.15, 0.2) is 0 Å². The molecule has 1 aliphatic heterocycles. The molecule has 1 unspecified atom stereocenters. The van der Waals surface area contributed by atoms with Crippen molar-refractivity contribution in [3.8, 4) is 17.2 Å². The fraction of sp³-hybridized carbons (Fsp3) is 0.0500. The molecule has 1 aromatic heterocycles. The van der Waals surface area contributed by atoms with E-state index in [1.165, 1.54) is 0 Å². The minimum Gasteiger partial charge on any atom is -0.457 e. The average Bonchev–Trinajstić information content (AvgIpc) is 3.12. The first-order chi connectivity index (χ1) is 12.4. The number of nitrogens with one attached hydrogen (secondary N) is 1. The molecule has 0 saturated carbocycles. The molecule has 0 spiro atoms. The highest BCUT2D eigenvalue weighted by molar-refractivity contribution is 5.35. The van der Waals surface area contributed by atoms with Crippen molar-refractivity contribution in [3.63, 3.8) is 0 Å². The van der Waals surface area contributed by atoms with Crippen molar-refractivity contribution in [1.29, 1.82) is 0 Å². The van der Waals surface area contributed by atoms with E-state index in [9.17, 15) is 0 Å². The first-order valence-corrected chi connectivity index (χ1v) is 7.91. The Morgan fingerprint density at radius 3 is 2.32 bits per heavy atom. The maximum absolute atomic E-state index is 5.79. The predicted octanol–water partition coefficient (Wildman–Crippen LogP) is 4.37. The van der Waals surface area contributed by atoms with Crippen LogP contribution in [0.4, 0.5) is 0 Å². The summed E-state index contributed by atoms with van der Waals surface area (Å²) in [4.78, 5) is 9.57. The van der Waals surface area contributed by atoms with Gasteiger partial charge in [0, 0.05) is 12.3 Å². The second-order valence-corrected chi connectivity index (χ2v) is 5.45. The Morgan fingerprint density at radius 2 is 1.56 bits per heavy atom.